The zero-order chi connectivity index (χ0) is 22.6. The van der Waals surface area contributed by atoms with E-state index in [4.69, 9.17) is 4.74 Å². The third kappa shape index (κ3) is 4.86. The highest BCUT2D eigenvalue weighted by Crippen LogP contribution is 2.29. The summed E-state index contributed by atoms with van der Waals surface area (Å²) in [5.74, 6) is -0.626. The molecule has 0 heterocycles. The number of sulfonamides is 1. The highest BCUT2D eigenvalue weighted by Gasteiger charge is 2.25. The van der Waals surface area contributed by atoms with E-state index in [1.54, 1.807) is 31.2 Å². The SMILES string of the molecule is CCc1ccc(S(=O)(=O)N(CC)c2ccc(Oc3ccc(F)cc3)cc2)cc1C(=O)O. The lowest BCUT2D eigenvalue weighted by Gasteiger charge is -2.23. The Morgan fingerprint density at radius 3 is 2.06 bits per heavy atom. The van der Waals surface area contributed by atoms with Gasteiger partial charge in [-0.3, -0.25) is 4.31 Å². The number of aromatic carboxylic acids is 1. The zero-order valence-corrected chi connectivity index (χ0v) is 17.9. The lowest BCUT2D eigenvalue weighted by molar-refractivity contribution is 0.0695. The van der Waals surface area contributed by atoms with Gasteiger partial charge in [0.15, 0.2) is 0 Å². The summed E-state index contributed by atoms with van der Waals surface area (Å²) in [5.41, 5.74) is 0.949. The van der Waals surface area contributed by atoms with Gasteiger partial charge in [0.2, 0.25) is 0 Å². The van der Waals surface area contributed by atoms with Crippen molar-refractivity contribution in [3.05, 3.63) is 83.7 Å². The number of carbonyl (C=O) groups is 1. The second-order valence-electron chi connectivity index (χ2n) is 6.70. The maximum atomic E-state index is 13.2. The van der Waals surface area contributed by atoms with Crippen molar-refractivity contribution < 1.29 is 27.4 Å². The van der Waals surface area contributed by atoms with Gasteiger partial charge in [-0.05, 0) is 79.6 Å². The molecule has 0 unspecified atom stereocenters. The van der Waals surface area contributed by atoms with Crippen LogP contribution in [0.4, 0.5) is 10.1 Å². The van der Waals surface area contributed by atoms with E-state index >= 15 is 0 Å². The Morgan fingerprint density at radius 1 is 0.968 bits per heavy atom. The number of hydrogen-bond acceptors (Lipinski definition) is 4. The van der Waals surface area contributed by atoms with E-state index in [1.165, 1.54) is 46.8 Å². The zero-order valence-electron chi connectivity index (χ0n) is 17.1. The Balaban J connectivity index is 1.89. The molecule has 3 aromatic carbocycles. The van der Waals surface area contributed by atoms with Crippen LogP contribution < -0.4 is 9.04 Å². The van der Waals surface area contributed by atoms with Gasteiger partial charge in [-0.2, -0.15) is 0 Å². The second kappa shape index (κ2) is 9.18. The molecule has 3 aromatic rings. The molecule has 6 nitrogen and oxygen atoms in total. The van der Waals surface area contributed by atoms with Crippen LogP contribution in [0.2, 0.25) is 0 Å². The summed E-state index contributed by atoms with van der Waals surface area (Å²) >= 11 is 0. The molecule has 31 heavy (non-hydrogen) atoms. The van der Waals surface area contributed by atoms with Crippen molar-refractivity contribution in [2.45, 2.75) is 25.2 Å². The van der Waals surface area contributed by atoms with Gasteiger partial charge >= 0.3 is 5.97 Å². The number of carboxylic acid groups (broad SMARTS) is 1. The minimum atomic E-state index is -3.97. The molecule has 0 atom stereocenters. The molecular weight excluding hydrogens is 421 g/mol. The van der Waals surface area contributed by atoms with Crippen LogP contribution in [-0.4, -0.2) is 26.0 Å². The number of ether oxygens (including phenoxy) is 1. The standard InChI is InChI=1S/C23H22FNO5S/c1-3-16-5-14-21(15-22(16)23(26)27)31(28,29)25(4-2)18-8-12-20(13-9-18)30-19-10-6-17(24)7-11-19/h5-15H,3-4H2,1-2H3,(H,26,27). The molecule has 162 valence electrons. The minimum absolute atomic E-state index is 0.0253. The van der Waals surface area contributed by atoms with Crippen LogP contribution in [0.1, 0.15) is 29.8 Å². The summed E-state index contributed by atoms with van der Waals surface area (Å²) in [5, 5.41) is 9.42. The van der Waals surface area contributed by atoms with Crippen LogP contribution >= 0.6 is 0 Å². The lowest BCUT2D eigenvalue weighted by atomic mass is 10.1. The largest absolute Gasteiger partial charge is 0.478 e. The van der Waals surface area contributed by atoms with Crippen LogP contribution in [0.15, 0.2) is 71.6 Å². The van der Waals surface area contributed by atoms with Gasteiger partial charge in [0, 0.05) is 6.54 Å². The van der Waals surface area contributed by atoms with Crippen LogP contribution in [0.3, 0.4) is 0 Å². The van der Waals surface area contributed by atoms with Gasteiger partial charge in [0.25, 0.3) is 10.0 Å². The molecule has 0 fully saturated rings. The van der Waals surface area contributed by atoms with E-state index in [0.29, 0.717) is 29.2 Å². The first-order valence-electron chi connectivity index (χ1n) is 9.68. The molecule has 0 aliphatic carbocycles. The van der Waals surface area contributed by atoms with Gasteiger partial charge in [-0.1, -0.05) is 13.0 Å². The smallest absolute Gasteiger partial charge is 0.336 e. The van der Waals surface area contributed by atoms with Crippen LogP contribution in [0.5, 0.6) is 11.5 Å². The predicted molar refractivity (Wildman–Crippen MR) is 116 cm³/mol. The Morgan fingerprint density at radius 2 is 1.55 bits per heavy atom. The van der Waals surface area contributed by atoms with Crippen molar-refractivity contribution in [1.29, 1.82) is 0 Å². The van der Waals surface area contributed by atoms with Gasteiger partial charge < -0.3 is 9.84 Å². The molecule has 0 saturated carbocycles. The molecule has 1 N–H and O–H groups in total. The quantitative estimate of drug-likeness (QED) is 0.524. The van der Waals surface area contributed by atoms with Gasteiger partial charge in [-0.15, -0.1) is 0 Å². The molecule has 0 saturated heterocycles. The summed E-state index contributed by atoms with van der Waals surface area (Å²) in [6.45, 7) is 3.65. The van der Waals surface area contributed by atoms with E-state index in [0.717, 1.165) is 0 Å². The Bertz CT molecular complexity index is 1180. The lowest BCUT2D eigenvalue weighted by Crippen LogP contribution is -2.31. The van der Waals surface area contributed by atoms with E-state index in [1.807, 2.05) is 6.92 Å². The van der Waals surface area contributed by atoms with E-state index < -0.39 is 16.0 Å². The first-order chi connectivity index (χ1) is 14.8. The van der Waals surface area contributed by atoms with Crippen LogP contribution in [-0.2, 0) is 16.4 Å². The van der Waals surface area contributed by atoms with Crippen molar-refractivity contribution >= 4 is 21.7 Å². The first-order valence-corrected chi connectivity index (χ1v) is 11.1. The average molecular weight is 443 g/mol. The molecule has 0 spiro atoms. The second-order valence-corrected chi connectivity index (χ2v) is 8.56. The Hall–Kier alpha value is -3.39. The third-order valence-corrected chi connectivity index (χ3v) is 6.64. The maximum absolute atomic E-state index is 13.2. The molecule has 8 heteroatoms. The summed E-state index contributed by atoms with van der Waals surface area (Å²) in [6, 6.07) is 16.1. The molecular formula is C23H22FNO5S. The van der Waals surface area contributed by atoms with Gasteiger partial charge in [0.1, 0.15) is 17.3 Å². The molecule has 0 amide bonds. The first kappa shape index (κ1) is 22.3. The van der Waals surface area contributed by atoms with Gasteiger partial charge in [-0.25, -0.2) is 17.6 Å². The van der Waals surface area contributed by atoms with E-state index in [9.17, 15) is 22.7 Å². The molecule has 3 rings (SSSR count). The van der Waals surface area contributed by atoms with Crippen molar-refractivity contribution in [3.63, 3.8) is 0 Å². The van der Waals surface area contributed by atoms with E-state index in [2.05, 4.69) is 0 Å². The molecule has 0 aliphatic rings. The number of hydrogen-bond donors (Lipinski definition) is 1. The van der Waals surface area contributed by atoms with Crippen molar-refractivity contribution in [2.24, 2.45) is 0 Å². The van der Waals surface area contributed by atoms with Crippen LogP contribution in [0, 0.1) is 5.82 Å². The number of benzene rings is 3. The molecule has 0 radical (unpaired) electrons. The number of anilines is 1. The summed E-state index contributed by atoms with van der Waals surface area (Å²) in [4.78, 5) is 11.4. The topological polar surface area (TPSA) is 83.9 Å². The fourth-order valence-electron chi connectivity index (χ4n) is 3.16. The number of halogens is 1. The van der Waals surface area contributed by atoms with E-state index in [-0.39, 0.29) is 22.8 Å². The molecule has 0 bridgehead atoms. The number of carboxylic acids is 1. The summed E-state index contributed by atoms with van der Waals surface area (Å²) in [7, 11) is -3.97. The summed E-state index contributed by atoms with van der Waals surface area (Å²) < 4.78 is 46.3. The normalized spacial score (nSPS) is 11.2. The molecule has 0 aromatic heterocycles. The highest BCUT2D eigenvalue weighted by molar-refractivity contribution is 7.92. The average Bonchev–Trinajstić information content (AvgIpc) is 2.76. The number of nitrogens with zero attached hydrogens (tertiary/aromatic N) is 1. The monoisotopic (exact) mass is 443 g/mol. The molecule has 0 aliphatic heterocycles. The minimum Gasteiger partial charge on any atom is -0.478 e. The Kier molecular flexibility index (Phi) is 6.60. The maximum Gasteiger partial charge on any atom is 0.336 e. The third-order valence-electron chi connectivity index (χ3n) is 4.74. The number of aryl methyl sites for hydroxylation is 1. The predicted octanol–water partition coefficient (Wildman–Crippen LogP) is 5.09. The Labute approximate surface area is 180 Å². The fraction of sp³-hybridized carbons (Fsp3) is 0.174. The summed E-state index contributed by atoms with van der Waals surface area (Å²) in [6.07, 6.45) is 0.481. The van der Waals surface area contributed by atoms with Gasteiger partial charge in [0.05, 0.1) is 16.1 Å². The van der Waals surface area contributed by atoms with Crippen LogP contribution in [0.25, 0.3) is 0 Å². The fourth-order valence-corrected chi connectivity index (χ4v) is 4.66. The highest BCUT2D eigenvalue weighted by atomic mass is 32.2. The van der Waals surface area contributed by atoms with Crippen molar-refractivity contribution in [3.8, 4) is 11.5 Å². The van der Waals surface area contributed by atoms with Crippen molar-refractivity contribution in [1.82, 2.24) is 0 Å². The number of rotatable bonds is 8. The van der Waals surface area contributed by atoms with Crippen molar-refractivity contribution in [2.75, 3.05) is 10.8 Å².